The normalized spacial score (nSPS) is 31.8. The van der Waals surface area contributed by atoms with Gasteiger partial charge >= 0.3 is 0 Å². The Bertz CT molecular complexity index is 1750. The summed E-state index contributed by atoms with van der Waals surface area (Å²) in [4.78, 5) is 50.7. The van der Waals surface area contributed by atoms with Crippen LogP contribution in [-0.4, -0.2) is 112 Å². The minimum atomic E-state index is -3.67. The molecule has 2 aromatic rings. The number of likely N-dealkylation sites (N-methyl/N-ethyl adjacent to an activating group) is 1. The Kier molecular flexibility index (Phi) is 8.36. The summed E-state index contributed by atoms with van der Waals surface area (Å²) >= 11 is 0. The number of piperazine rings is 1. The van der Waals surface area contributed by atoms with E-state index in [-0.39, 0.29) is 23.8 Å². The molecule has 13 nitrogen and oxygen atoms in total. The predicted octanol–water partition coefficient (Wildman–Crippen LogP) is 1.93. The third-order valence-corrected chi connectivity index (χ3v) is 10.2. The Hall–Kier alpha value is -3.30. The third kappa shape index (κ3) is 5.57. The van der Waals surface area contributed by atoms with Crippen molar-refractivity contribution in [3.05, 3.63) is 41.6 Å². The molecule has 3 saturated heterocycles. The molecule has 0 radical (unpaired) electrons. The fraction of sp³-hybridized carbons (Fsp3) is 0.606. The highest BCUT2D eigenvalue weighted by atomic mass is 32.2. The molecule has 0 spiro atoms. The molecule has 0 bridgehead atoms. The fourth-order valence-corrected chi connectivity index (χ4v) is 8.10. The largest absolute Gasteiger partial charge is 0.361 e. The van der Waals surface area contributed by atoms with Crippen molar-refractivity contribution in [3.8, 4) is 0 Å². The van der Waals surface area contributed by atoms with Gasteiger partial charge in [-0.15, -0.1) is 0 Å². The van der Waals surface area contributed by atoms with E-state index in [9.17, 15) is 27.9 Å². The zero-order valence-electron chi connectivity index (χ0n) is 27.7. The van der Waals surface area contributed by atoms with Gasteiger partial charge in [-0.2, -0.15) is 8.42 Å². The molecular formula is C33H45N5O8S. The van der Waals surface area contributed by atoms with Crippen molar-refractivity contribution in [2.45, 2.75) is 83.1 Å². The van der Waals surface area contributed by atoms with Gasteiger partial charge in [0, 0.05) is 42.1 Å². The predicted molar refractivity (Wildman–Crippen MR) is 174 cm³/mol. The molecule has 1 aliphatic carbocycles. The van der Waals surface area contributed by atoms with Crippen molar-refractivity contribution in [1.82, 2.24) is 25.0 Å². The summed E-state index contributed by atoms with van der Waals surface area (Å²) in [6, 6.07) is 4.84. The monoisotopic (exact) mass is 671 g/mol. The second-order valence-corrected chi connectivity index (χ2v) is 15.8. The minimum absolute atomic E-state index is 0.108. The van der Waals surface area contributed by atoms with Crippen molar-refractivity contribution >= 4 is 44.3 Å². The van der Waals surface area contributed by atoms with Gasteiger partial charge < -0.3 is 20.3 Å². The van der Waals surface area contributed by atoms with Gasteiger partial charge in [-0.1, -0.05) is 45.9 Å². The lowest BCUT2D eigenvalue weighted by Crippen LogP contribution is -2.71. The molecule has 14 heteroatoms. The highest BCUT2D eigenvalue weighted by molar-refractivity contribution is 7.85. The van der Waals surface area contributed by atoms with Crippen LogP contribution in [-0.2, 0) is 35.7 Å². The number of benzene rings is 1. The van der Waals surface area contributed by atoms with Crippen molar-refractivity contribution in [2.75, 3.05) is 26.4 Å². The summed E-state index contributed by atoms with van der Waals surface area (Å²) in [6.45, 7) is 8.60. The second-order valence-electron chi connectivity index (χ2n) is 14.3. The van der Waals surface area contributed by atoms with E-state index in [1.165, 1.54) is 15.8 Å². The first-order chi connectivity index (χ1) is 22.0. The number of nitrogens with one attached hydrogen (secondary N) is 2. The number of fused-ring (bicyclic) bond motifs is 5. The number of carbonyl (C=O) groups excluding carboxylic acids is 3. The molecular weight excluding hydrogens is 626 g/mol. The van der Waals surface area contributed by atoms with Crippen LogP contribution >= 0.6 is 0 Å². The molecule has 7 rings (SSSR count). The van der Waals surface area contributed by atoms with Gasteiger partial charge in [0.1, 0.15) is 12.1 Å². The topological polar surface area (TPSA) is 173 Å². The van der Waals surface area contributed by atoms with Crippen LogP contribution in [0.5, 0.6) is 0 Å². The van der Waals surface area contributed by atoms with Crippen molar-refractivity contribution in [1.29, 1.82) is 0 Å². The summed E-state index contributed by atoms with van der Waals surface area (Å²) in [5, 5.41) is 16.3. The van der Waals surface area contributed by atoms with Gasteiger partial charge in [-0.3, -0.25) is 33.5 Å². The van der Waals surface area contributed by atoms with Crippen molar-refractivity contribution in [3.63, 3.8) is 0 Å². The van der Waals surface area contributed by atoms with E-state index in [4.69, 9.17) is 9.29 Å². The van der Waals surface area contributed by atoms with Crippen LogP contribution in [0.3, 0.4) is 0 Å². The number of H-pyrrole nitrogens is 1. The molecule has 1 aromatic heterocycles. The Balaban J connectivity index is 0.000000720. The SMILES string of the molecule is CC(C)C[C@H]1C(=O)N2CCC[C@H]2[C@]2(O)O[C@](NC(=O)[C@@H]3C=C4c5cccc6[nH]cc(c56)C[C@H]4N(C)C3)(C(C)C)C(=O)N12.CS(=O)(=O)O. The van der Waals surface area contributed by atoms with E-state index in [1.54, 1.807) is 4.90 Å². The Morgan fingerprint density at radius 1 is 1.21 bits per heavy atom. The standard InChI is InChI=1S/C32H41N5O5.CH4O3S/c1-17(2)12-25-29(39)36-11-7-10-26(36)32(41)37(25)30(40)31(42-32,18(3)4)34-28(38)20-13-22-21-8-6-9-23-27(21)19(15-33-23)14-24(22)35(5)16-20;1-5(2,3)4/h6,8-9,13,15,17-18,20,24-26,33,41H,7,10-12,14,16H2,1-5H3,(H,34,38);1H3,(H,2,3,4)/t20-,24-,25+,26+,31-,32+;/m1./s1. The molecule has 47 heavy (non-hydrogen) atoms. The number of rotatable bonds is 5. The quantitative estimate of drug-likeness (QED) is 0.347. The van der Waals surface area contributed by atoms with E-state index in [0.717, 1.165) is 29.5 Å². The van der Waals surface area contributed by atoms with E-state index in [2.05, 4.69) is 33.5 Å². The first-order valence-electron chi connectivity index (χ1n) is 16.3. The summed E-state index contributed by atoms with van der Waals surface area (Å²) < 4.78 is 32.3. The van der Waals surface area contributed by atoms with Crippen LogP contribution in [0, 0.1) is 17.8 Å². The maximum atomic E-state index is 14.4. The molecule has 1 aromatic carbocycles. The van der Waals surface area contributed by atoms with Crippen LogP contribution in [0.25, 0.3) is 16.5 Å². The Morgan fingerprint density at radius 2 is 1.91 bits per heavy atom. The molecule has 3 fully saturated rings. The minimum Gasteiger partial charge on any atom is -0.361 e. The number of aliphatic hydroxyl groups is 1. The zero-order chi connectivity index (χ0) is 34.2. The number of aromatic amines is 1. The maximum absolute atomic E-state index is 14.4. The van der Waals surface area contributed by atoms with Gasteiger partial charge in [0.15, 0.2) is 0 Å². The number of hydrogen-bond acceptors (Lipinski definition) is 8. The van der Waals surface area contributed by atoms with E-state index >= 15 is 0 Å². The first-order valence-corrected chi connectivity index (χ1v) is 18.1. The molecule has 256 valence electrons. The van der Waals surface area contributed by atoms with E-state index in [1.807, 2.05) is 46.9 Å². The Morgan fingerprint density at radius 3 is 2.57 bits per heavy atom. The third-order valence-electron chi connectivity index (χ3n) is 10.2. The van der Waals surface area contributed by atoms with Crippen LogP contribution < -0.4 is 5.32 Å². The number of aromatic nitrogens is 1. The zero-order valence-corrected chi connectivity index (χ0v) is 28.5. The van der Waals surface area contributed by atoms with Gasteiger partial charge in [-0.05, 0) is 61.4 Å². The number of amides is 3. The highest BCUT2D eigenvalue weighted by Gasteiger charge is 2.72. The molecule has 5 heterocycles. The van der Waals surface area contributed by atoms with Gasteiger partial charge in [0.2, 0.25) is 17.5 Å². The summed E-state index contributed by atoms with van der Waals surface area (Å²) in [7, 11) is -1.63. The van der Waals surface area contributed by atoms with Gasteiger partial charge in [0.25, 0.3) is 21.9 Å². The highest BCUT2D eigenvalue weighted by Crippen LogP contribution is 2.48. The van der Waals surface area contributed by atoms with Gasteiger partial charge in [-0.25, -0.2) is 0 Å². The van der Waals surface area contributed by atoms with Crippen LogP contribution in [0.1, 0.15) is 58.1 Å². The van der Waals surface area contributed by atoms with Crippen LogP contribution in [0.15, 0.2) is 30.5 Å². The summed E-state index contributed by atoms with van der Waals surface area (Å²) in [6.07, 6.45) is 7.34. The molecule has 4 N–H and O–H groups in total. The smallest absolute Gasteiger partial charge is 0.281 e. The lowest BCUT2D eigenvalue weighted by Gasteiger charge is -2.49. The molecule has 0 unspecified atom stereocenters. The van der Waals surface area contributed by atoms with Crippen LogP contribution in [0.2, 0.25) is 0 Å². The lowest BCUT2D eigenvalue weighted by molar-refractivity contribution is -0.322. The number of carbonyl (C=O) groups is 3. The first kappa shape index (κ1) is 33.6. The van der Waals surface area contributed by atoms with Crippen molar-refractivity contribution in [2.24, 2.45) is 17.8 Å². The van der Waals surface area contributed by atoms with Gasteiger partial charge in [0.05, 0.1) is 12.2 Å². The fourth-order valence-electron chi connectivity index (χ4n) is 8.10. The number of ether oxygens (including phenoxy) is 1. The molecule has 0 saturated carbocycles. The molecule has 3 amide bonds. The summed E-state index contributed by atoms with van der Waals surface area (Å²) in [5.74, 6) is -3.97. The maximum Gasteiger partial charge on any atom is 0.281 e. The van der Waals surface area contributed by atoms with E-state index in [0.29, 0.717) is 32.2 Å². The molecule has 5 aliphatic rings. The number of hydrogen-bond donors (Lipinski definition) is 4. The molecule has 4 aliphatic heterocycles. The van der Waals surface area contributed by atoms with Crippen molar-refractivity contribution < 1.29 is 37.2 Å². The Labute approximate surface area is 275 Å². The van der Waals surface area contributed by atoms with Crippen LogP contribution in [0.4, 0.5) is 0 Å². The average Bonchev–Trinajstić information content (AvgIpc) is 3.68. The molecule has 6 atom stereocenters. The summed E-state index contributed by atoms with van der Waals surface area (Å²) in [5.41, 5.74) is 2.79. The lowest BCUT2D eigenvalue weighted by atomic mass is 9.79. The second kappa shape index (κ2) is 11.7. The average molecular weight is 672 g/mol. The number of nitrogens with zero attached hydrogens (tertiary/aromatic N) is 3. The van der Waals surface area contributed by atoms with E-state index < -0.39 is 51.6 Å².